The summed E-state index contributed by atoms with van der Waals surface area (Å²) in [6.45, 7) is 0.901. The summed E-state index contributed by atoms with van der Waals surface area (Å²) in [5.74, 6) is 0.251. The molecule has 1 saturated carbocycles. The molecule has 0 saturated heterocycles. The first-order valence-electron chi connectivity index (χ1n) is 11.6. The molecule has 0 bridgehead atoms. The first kappa shape index (κ1) is 23.4. The predicted molar refractivity (Wildman–Crippen MR) is 127 cm³/mol. The largest absolute Gasteiger partial charge is 0.352 e. The molecule has 3 N–H and O–H groups in total. The summed E-state index contributed by atoms with van der Waals surface area (Å²) in [6.07, 6.45) is 5.01. The number of aryl methyl sites for hydroxylation is 1. The number of anilines is 1. The van der Waals surface area contributed by atoms with Gasteiger partial charge in [0.1, 0.15) is 0 Å². The number of benzene rings is 2. The van der Waals surface area contributed by atoms with Crippen LogP contribution in [0, 0.1) is 11.8 Å². The lowest BCUT2D eigenvalue weighted by molar-refractivity contribution is -0.126. The van der Waals surface area contributed by atoms with Crippen LogP contribution >= 0.6 is 0 Å². The Morgan fingerprint density at radius 1 is 1.00 bits per heavy atom. The normalized spacial score (nSPS) is 20.9. The van der Waals surface area contributed by atoms with Crippen molar-refractivity contribution >= 4 is 27.5 Å². The van der Waals surface area contributed by atoms with E-state index in [4.69, 9.17) is 0 Å². The van der Waals surface area contributed by atoms with Gasteiger partial charge in [0.15, 0.2) is 0 Å². The Morgan fingerprint density at radius 3 is 2.52 bits per heavy atom. The van der Waals surface area contributed by atoms with Gasteiger partial charge in [0.05, 0.1) is 4.90 Å². The first-order valence-corrected chi connectivity index (χ1v) is 13.1. The molecule has 1 aliphatic heterocycles. The van der Waals surface area contributed by atoms with Crippen molar-refractivity contribution < 1.29 is 18.0 Å². The third kappa shape index (κ3) is 6.21. The smallest absolute Gasteiger partial charge is 0.240 e. The summed E-state index contributed by atoms with van der Waals surface area (Å²) in [5, 5.41) is 5.85. The molecule has 1 aliphatic carbocycles. The number of carbonyl (C=O) groups excluding carboxylic acids is 2. The lowest BCUT2D eigenvalue weighted by Crippen LogP contribution is -2.36. The van der Waals surface area contributed by atoms with E-state index in [2.05, 4.69) is 15.4 Å². The van der Waals surface area contributed by atoms with Crippen LogP contribution in [0.3, 0.4) is 0 Å². The molecule has 2 aromatic rings. The van der Waals surface area contributed by atoms with Crippen LogP contribution in [0.2, 0.25) is 0 Å². The molecule has 7 nitrogen and oxygen atoms in total. The minimum atomic E-state index is -3.63. The number of hydrogen-bond acceptors (Lipinski definition) is 4. The van der Waals surface area contributed by atoms with Gasteiger partial charge in [0.2, 0.25) is 21.8 Å². The fourth-order valence-corrected chi connectivity index (χ4v) is 5.75. The molecule has 0 radical (unpaired) electrons. The van der Waals surface area contributed by atoms with Crippen LogP contribution in [-0.2, 0) is 32.6 Å². The molecule has 176 valence electrons. The van der Waals surface area contributed by atoms with Gasteiger partial charge < -0.3 is 10.6 Å². The lowest BCUT2D eigenvalue weighted by atomic mass is 9.81. The molecule has 0 unspecified atom stereocenters. The van der Waals surface area contributed by atoms with Crippen molar-refractivity contribution in [1.29, 1.82) is 0 Å². The van der Waals surface area contributed by atoms with E-state index in [1.54, 1.807) is 18.2 Å². The van der Waals surface area contributed by atoms with E-state index in [9.17, 15) is 18.0 Å². The summed E-state index contributed by atoms with van der Waals surface area (Å²) in [7, 11) is -3.63. The zero-order chi connectivity index (χ0) is 23.3. The zero-order valence-corrected chi connectivity index (χ0v) is 19.5. The third-order valence-corrected chi connectivity index (χ3v) is 8.02. The van der Waals surface area contributed by atoms with Gasteiger partial charge in [0.25, 0.3) is 0 Å². The molecular weight excluding hydrogens is 438 g/mol. The molecule has 0 spiro atoms. The van der Waals surface area contributed by atoms with Crippen LogP contribution in [0.1, 0.15) is 49.7 Å². The Hall–Kier alpha value is -2.71. The highest BCUT2D eigenvalue weighted by molar-refractivity contribution is 7.89. The van der Waals surface area contributed by atoms with Gasteiger partial charge in [0, 0.05) is 31.1 Å². The number of carbonyl (C=O) groups is 2. The highest BCUT2D eigenvalue weighted by atomic mass is 32.2. The van der Waals surface area contributed by atoms with E-state index in [0.717, 1.165) is 36.8 Å². The van der Waals surface area contributed by atoms with Crippen molar-refractivity contribution in [1.82, 2.24) is 10.0 Å². The summed E-state index contributed by atoms with van der Waals surface area (Å²) in [5.41, 5.74) is 2.63. The van der Waals surface area contributed by atoms with Crippen molar-refractivity contribution in [2.45, 2.75) is 56.4 Å². The average Bonchev–Trinajstić information content (AvgIpc) is 3.02. The van der Waals surface area contributed by atoms with Gasteiger partial charge >= 0.3 is 0 Å². The second kappa shape index (κ2) is 10.5. The first-order chi connectivity index (χ1) is 15.9. The Labute approximate surface area is 195 Å². The van der Waals surface area contributed by atoms with Crippen LogP contribution in [-0.4, -0.2) is 26.8 Å². The molecule has 1 fully saturated rings. The van der Waals surface area contributed by atoms with E-state index in [1.807, 2.05) is 30.3 Å². The fraction of sp³-hybridized carbons (Fsp3) is 0.440. The second-order valence-electron chi connectivity index (χ2n) is 8.99. The molecule has 33 heavy (non-hydrogen) atoms. The van der Waals surface area contributed by atoms with Crippen molar-refractivity contribution in [2.24, 2.45) is 11.8 Å². The van der Waals surface area contributed by atoms with Crippen LogP contribution in [0.15, 0.2) is 53.4 Å². The van der Waals surface area contributed by atoms with Crippen molar-refractivity contribution in [3.8, 4) is 0 Å². The van der Waals surface area contributed by atoms with E-state index in [0.29, 0.717) is 38.0 Å². The quantitative estimate of drug-likeness (QED) is 0.578. The fourth-order valence-electron chi connectivity index (χ4n) is 4.59. The van der Waals surface area contributed by atoms with Crippen molar-refractivity contribution in [3.05, 3.63) is 59.7 Å². The number of hydrogen-bond donors (Lipinski definition) is 3. The van der Waals surface area contributed by atoms with Crippen LogP contribution < -0.4 is 15.4 Å². The maximum atomic E-state index is 12.8. The monoisotopic (exact) mass is 469 g/mol. The van der Waals surface area contributed by atoms with Crippen LogP contribution in [0.5, 0.6) is 0 Å². The molecule has 4 rings (SSSR count). The molecule has 0 aromatic heterocycles. The number of rotatable bonds is 7. The molecular formula is C25H31N3O4S. The second-order valence-corrected chi connectivity index (χ2v) is 10.8. The van der Waals surface area contributed by atoms with Crippen molar-refractivity contribution in [3.63, 3.8) is 0 Å². The van der Waals surface area contributed by atoms with Gasteiger partial charge in [-0.3, -0.25) is 9.59 Å². The topological polar surface area (TPSA) is 104 Å². The molecule has 2 aromatic carbocycles. The van der Waals surface area contributed by atoms with Gasteiger partial charge in [-0.25, -0.2) is 13.1 Å². The number of nitrogens with one attached hydrogen (secondary N) is 3. The molecule has 2 aliphatic rings. The molecule has 8 heteroatoms. The highest BCUT2D eigenvalue weighted by Gasteiger charge is 2.27. The number of sulfonamides is 1. The van der Waals surface area contributed by atoms with Gasteiger partial charge in [-0.05, 0) is 73.8 Å². The molecule has 2 amide bonds. The minimum absolute atomic E-state index is 0.0126. The predicted octanol–water partition coefficient (Wildman–Crippen LogP) is 3.36. The van der Waals surface area contributed by atoms with Gasteiger partial charge in [-0.1, -0.05) is 30.3 Å². The number of amides is 2. The van der Waals surface area contributed by atoms with Gasteiger partial charge in [-0.2, -0.15) is 0 Å². The lowest BCUT2D eigenvalue weighted by Gasteiger charge is -2.28. The summed E-state index contributed by atoms with van der Waals surface area (Å²) in [4.78, 5) is 24.4. The Morgan fingerprint density at radius 2 is 1.76 bits per heavy atom. The molecule has 1 heterocycles. The van der Waals surface area contributed by atoms with Crippen LogP contribution in [0.4, 0.5) is 5.69 Å². The van der Waals surface area contributed by atoms with E-state index < -0.39 is 10.0 Å². The van der Waals surface area contributed by atoms with E-state index in [1.165, 1.54) is 0 Å². The average molecular weight is 470 g/mol. The molecule has 0 atom stereocenters. The summed E-state index contributed by atoms with van der Waals surface area (Å²) >= 11 is 0. The highest BCUT2D eigenvalue weighted by Crippen LogP contribution is 2.29. The third-order valence-electron chi connectivity index (χ3n) is 6.60. The van der Waals surface area contributed by atoms with Crippen LogP contribution in [0.25, 0.3) is 0 Å². The maximum Gasteiger partial charge on any atom is 0.240 e. The number of fused-ring (bicyclic) bond motifs is 1. The van der Waals surface area contributed by atoms with E-state index >= 15 is 0 Å². The summed E-state index contributed by atoms with van der Waals surface area (Å²) in [6, 6.07) is 14.7. The SMILES string of the molecule is O=C1CCCc2cc(S(=O)(=O)NCC3CCC(C(=O)NCc4ccccc4)CC3)ccc2N1. The van der Waals surface area contributed by atoms with Gasteiger partial charge in [-0.15, -0.1) is 0 Å². The van der Waals surface area contributed by atoms with Crippen molar-refractivity contribution in [2.75, 3.05) is 11.9 Å². The minimum Gasteiger partial charge on any atom is -0.352 e. The maximum absolute atomic E-state index is 12.8. The standard InChI is InChI=1S/C25H31N3O4S/c29-24-8-4-7-21-15-22(13-14-23(21)28-24)33(31,32)27-17-19-9-11-20(12-10-19)25(30)26-16-18-5-2-1-3-6-18/h1-3,5-6,13-15,19-20,27H,4,7-12,16-17H2,(H,26,30)(H,28,29). The van der Waals surface area contributed by atoms with E-state index in [-0.39, 0.29) is 28.5 Å². The zero-order valence-electron chi connectivity index (χ0n) is 18.7. The Bertz CT molecular complexity index is 1090. The Balaban J connectivity index is 1.25. The Kier molecular flexibility index (Phi) is 7.45. The summed E-state index contributed by atoms with van der Waals surface area (Å²) < 4.78 is 28.4.